The SMILES string of the molecule is O=C(Cc1csc(NC(=O)c2ccco2)n1)NNC(=O)Cn1ccc2ccccc21. The van der Waals surface area contributed by atoms with E-state index in [1.54, 1.807) is 16.0 Å². The largest absolute Gasteiger partial charge is 0.459 e. The van der Waals surface area contributed by atoms with E-state index < -0.39 is 11.8 Å². The van der Waals surface area contributed by atoms with Crippen LogP contribution in [-0.2, 0) is 22.6 Å². The maximum atomic E-state index is 12.1. The summed E-state index contributed by atoms with van der Waals surface area (Å²) in [5, 5.41) is 5.64. The molecule has 4 rings (SSSR count). The summed E-state index contributed by atoms with van der Waals surface area (Å²) >= 11 is 1.19. The number of anilines is 1. The van der Waals surface area contributed by atoms with Crippen molar-refractivity contribution in [2.45, 2.75) is 13.0 Å². The number of aromatic nitrogens is 2. The number of fused-ring (bicyclic) bond motifs is 1. The number of hydrogen-bond donors (Lipinski definition) is 3. The molecule has 3 amide bonds. The second-order valence-electron chi connectivity index (χ2n) is 6.35. The Morgan fingerprint density at radius 2 is 1.87 bits per heavy atom. The highest BCUT2D eigenvalue weighted by Crippen LogP contribution is 2.17. The van der Waals surface area contributed by atoms with Gasteiger partial charge in [-0.15, -0.1) is 11.3 Å². The number of nitrogens with zero attached hydrogens (tertiary/aromatic N) is 2. The van der Waals surface area contributed by atoms with Crippen LogP contribution in [0.4, 0.5) is 5.13 Å². The zero-order valence-electron chi connectivity index (χ0n) is 15.6. The molecule has 0 saturated heterocycles. The molecule has 0 unspecified atom stereocenters. The van der Waals surface area contributed by atoms with Crippen LogP contribution in [-0.4, -0.2) is 27.3 Å². The maximum Gasteiger partial charge on any atom is 0.293 e. The van der Waals surface area contributed by atoms with Gasteiger partial charge in [-0.05, 0) is 29.7 Å². The third-order valence-corrected chi connectivity index (χ3v) is 5.00. The smallest absolute Gasteiger partial charge is 0.293 e. The number of carbonyl (C=O) groups is 3. The topological polar surface area (TPSA) is 118 Å². The van der Waals surface area contributed by atoms with Gasteiger partial charge >= 0.3 is 0 Å². The second kappa shape index (κ2) is 8.62. The van der Waals surface area contributed by atoms with Crippen LogP contribution < -0.4 is 16.2 Å². The lowest BCUT2D eigenvalue weighted by atomic mass is 10.2. The van der Waals surface area contributed by atoms with Gasteiger partial charge in [0, 0.05) is 17.1 Å². The van der Waals surface area contributed by atoms with E-state index in [0.717, 1.165) is 10.9 Å². The van der Waals surface area contributed by atoms with Gasteiger partial charge in [-0.2, -0.15) is 0 Å². The van der Waals surface area contributed by atoms with E-state index in [0.29, 0.717) is 10.8 Å². The fraction of sp³-hybridized carbons (Fsp3) is 0.100. The van der Waals surface area contributed by atoms with Crippen molar-refractivity contribution in [3.05, 3.63) is 71.8 Å². The van der Waals surface area contributed by atoms with Gasteiger partial charge in [0.2, 0.25) is 5.91 Å². The van der Waals surface area contributed by atoms with Gasteiger partial charge in [0.1, 0.15) is 6.54 Å². The summed E-state index contributed by atoms with van der Waals surface area (Å²) in [4.78, 5) is 40.3. The Bertz CT molecular complexity index is 1190. The minimum Gasteiger partial charge on any atom is -0.459 e. The molecule has 152 valence electrons. The summed E-state index contributed by atoms with van der Waals surface area (Å²) in [6.07, 6.45) is 3.18. The predicted molar refractivity (Wildman–Crippen MR) is 111 cm³/mol. The zero-order chi connectivity index (χ0) is 20.9. The van der Waals surface area contributed by atoms with Gasteiger partial charge in [0.25, 0.3) is 11.8 Å². The summed E-state index contributed by atoms with van der Waals surface area (Å²) in [6, 6.07) is 12.8. The summed E-state index contributed by atoms with van der Waals surface area (Å²) < 4.78 is 6.81. The average molecular weight is 423 g/mol. The van der Waals surface area contributed by atoms with Crippen molar-refractivity contribution in [1.29, 1.82) is 0 Å². The second-order valence-corrected chi connectivity index (χ2v) is 7.21. The Kier molecular flexibility index (Phi) is 5.57. The molecule has 3 heterocycles. The Labute approximate surface area is 174 Å². The van der Waals surface area contributed by atoms with E-state index in [2.05, 4.69) is 21.2 Å². The lowest BCUT2D eigenvalue weighted by Gasteiger charge is -2.08. The van der Waals surface area contributed by atoms with Crippen LogP contribution in [0.3, 0.4) is 0 Å². The average Bonchev–Trinajstić information content (AvgIpc) is 3.49. The number of amides is 3. The molecule has 3 aromatic heterocycles. The Hall–Kier alpha value is -3.92. The number of nitrogens with one attached hydrogen (secondary N) is 3. The molecule has 0 radical (unpaired) electrons. The molecule has 30 heavy (non-hydrogen) atoms. The van der Waals surface area contributed by atoms with Crippen molar-refractivity contribution in [2.75, 3.05) is 5.32 Å². The number of benzene rings is 1. The lowest BCUT2D eigenvalue weighted by Crippen LogP contribution is -2.43. The molecular formula is C20H17N5O4S. The quantitative estimate of drug-likeness (QED) is 0.412. The van der Waals surface area contributed by atoms with Crippen molar-refractivity contribution in [3.8, 4) is 0 Å². The van der Waals surface area contributed by atoms with E-state index in [1.165, 1.54) is 23.7 Å². The summed E-state index contributed by atoms with van der Waals surface area (Å²) in [6.45, 7) is 0.0768. The number of hydrogen-bond acceptors (Lipinski definition) is 6. The van der Waals surface area contributed by atoms with Crippen molar-refractivity contribution in [3.63, 3.8) is 0 Å². The van der Waals surface area contributed by atoms with Crippen LogP contribution in [0.1, 0.15) is 16.2 Å². The number of para-hydroxylation sites is 1. The number of furan rings is 1. The van der Waals surface area contributed by atoms with Gasteiger partial charge in [-0.3, -0.25) is 30.6 Å². The standard InChI is InChI=1S/C20H17N5O4S/c26-17(10-14-12-30-20(21-14)22-19(28)16-6-3-9-29-16)23-24-18(27)11-25-8-7-13-4-1-2-5-15(13)25/h1-9,12H,10-11H2,(H,23,26)(H,24,27)(H,21,22,28). The predicted octanol–water partition coefficient (Wildman–Crippen LogP) is 2.33. The number of carbonyl (C=O) groups excluding carboxylic acids is 3. The first-order valence-corrected chi connectivity index (χ1v) is 9.87. The first-order chi connectivity index (χ1) is 14.6. The third kappa shape index (κ3) is 4.55. The van der Waals surface area contributed by atoms with E-state index in [1.807, 2.05) is 36.5 Å². The fourth-order valence-electron chi connectivity index (χ4n) is 2.83. The summed E-state index contributed by atoms with van der Waals surface area (Å²) in [5.41, 5.74) is 6.18. The molecule has 0 saturated carbocycles. The molecule has 0 bridgehead atoms. The zero-order valence-corrected chi connectivity index (χ0v) is 16.4. The van der Waals surface area contributed by atoms with Crippen LogP contribution in [0, 0.1) is 0 Å². The minimum absolute atomic E-state index is 0.0418. The monoisotopic (exact) mass is 423 g/mol. The summed E-state index contributed by atoms with van der Waals surface area (Å²) in [5.74, 6) is -1.03. The van der Waals surface area contributed by atoms with Gasteiger partial charge in [-0.25, -0.2) is 4.98 Å². The van der Waals surface area contributed by atoms with Crippen LogP contribution in [0.5, 0.6) is 0 Å². The number of hydrazine groups is 1. The third-order valence-electron chi connectivity index (χ3n) is 4.19. The van der Waals surface area contributed by atoms with Gasteiger partial charge in [-0.1, -0.05) is 18.2 Å². The Morgan fingerprint density at radius 3 is 2.70 bits per heavy atom. The first-order valence-electron chi connectivity index (χ1n) is 8.99. The molecule has 9 nitrogen and oxygen atoms in total. The van der Waals surface area contributed by atoms with Crippen molar-refractivity contribution < 1.29 is 18.8 Å². The number of rotatable bonds is 6. The first kappa shape index (κ1) is 19.4. The molecule has 1 aromatic carbocycles. The van der Waals surface area contributed by atoms with Crippen molar-refractivity contribution >= 4 is 45.1 Å². The van der Waals surface area contributed by atoms with Crippen LogP contribution >= 0.6 is 11.3 Å². The van der Waals surface area contributed by atoms with E-state index in [-0.39, 0.29) is 24.6 Å². The van der Waals surface area contributed by atoms with Gasteiger partial charge in [0.15, 0.2) is 10.9 Å². The van der Waals surface area contributed by atoms with Gasteiger partial charge < -0.3 is 8.98 Å². The van der Waals surface area contributed by atoms with Crippen LogP contribution in [0.15, 0.2) is 64.7 Å². The Balaban J connectivity index is 1.25. The fourth-order valence-corrected chi connectivity index (χ4v) is 3.54. The van der Waals surface area contributed by atoms with Gasteiger partial charge in [0.05, 0.1) is 18.4 Å². The molecule has 0 fully saturated rings. The number of thiazole rings is 1. The summed E-state index contributed by atoms with van der Waals surface area (Å²) in [7, 11) is 0. The molecule has 0 aliphatic rings. The van der Waals surface area contributed by atoms with E-state index in [9.17, 15) is 14.4 Å². The molecule has 0 atom stereocenters. The molecule has 4 aromatic rings. The highest BCUT2D eigenvalue weighted by Gasteiger charge is 2.13. The molecule has 0 aliphatic heterocycles. The van der Waals surface area contributed by atoms with E-state index in [4.69, 9.17) is 4.42 Å². The highest BCUT2D eigenvalue weighted by atomic mass is 32.1. The molecular weight excluding hydrogens is 406 g/mol. The Morgan fingerprint density at radius 1 is 1.03 bits per heavy atom. The highest BCUT2D eigenvalue weighted by molar-refractivity contribution is 7.14. The maximum absolute atomic E-state index is 12.1. The molecule has 3 N–H and O–H groups in total. The molecule has 0 aliphatic carbocycles. The molecule has 10 heteroatoms. The van der Waals surface area contributed by atoms with E-state index >= 15 is 0 Å². The van der Waals surface area contributed by atoms with Crippen LogP contribution in [0.2, 0.25) is 0 Å². The lowest BCUT2D eigenvalue weighted by molar-refractivity contribution is -0.128. The normalized spacial score (nSPS) is 10.7. The molecule has 0 spiro atoms. The minimum atomic E-state index is -0.421. The van der Waals surface area contributed by atoms with Crippen molar-refractivity contribution in [1.82, 2.24) is 20.4 Å². The van der Waals surface area contributed by atoms with Crippen molar-refractivity contribution in [2.24, 2.45) is 0 Å². The van der Waals surface area contributed by atoms with Crippen LogP contribution in [0.25, 0.3) is 10.9 Å².